The predicted molar refractivity (Wildman–Crippen MR) is 122 cm³/mol. The van der Waals surface area contributed by atoms with Crippen LogP contribution in [-0.2, 0) is 6.42 Å². The number of para-hydroxylation sites is 1. The first-order valence-electron chi connectivity index (χ1n) is 8.35. The molecule has 2 N–H and O–H groups in total. The van der Waals surface area contributed by atoms with Gasteiger partial charge < -0.3 is 15.4 Å². The first-order chi connectivity index (χ1) is 12.1. The van der Waals surface area contributed by atoms with E-state index in [4.69, 9.17) is 4.74 Å². The molecular formula is C19H26BrIN4O. The van der Waals surface area contributed by atoms with Crippen LogP contribution in [0.2, 0.25) is 0 Å². The Morgan fingerprint density at radius 2 is 2.04 bits per heavy atom. The van der Waals surface area contributed by atoms with Crippen LogP contribution < -0.4 is 15.4 Å². The van der Waals surface area contributed by atoms with Crippen LogP contribution >= 0.6 is 39.9 Å². The monoisotopic (exact) mass is 532 g/mol. The fourth-order valence-corrected chi connectivity index (χ4v) is 2.74. The number of nitrogens with one attached hydrogen (secondary N) is 2. The minimum atomic E-state index is 0. The summed E-state index contributed by atoms with van der Waals surface area (Å²) < 4.78 is 6.89. The summed E-state index contributed by atoms with van der Waals surface area (Å²) >= 11 is 3.49. The van der Waals surface area contributed by atoms with Gasteiger partial charge in [0.1, 0.15) is 11.9 Å². The molecule has 5 nitrogen and oxygen atoms in total. The smallest absolute Gasteiger partial charge is 0.191 e. The highest BCUT2D eigenvalue weighted by atomic mass is 127. The molecule has 0 aliphatic carbocycles. The third-order valence-corrected chi connectivity index (χ3v) is 4.42. The molecule has 2 aromatic rings. The highest BCUT2D eigenvalue weighted by Crippen LogP contribution is 2.24. The summed E-state index contributed by atoms with van der Waals surface area (Å²) in [5.41, 5.74) is 2.51. The summed E-state index contributed by atoms with van der Waals surface area (Å²) in [4.78, 5) is 8.38. The van der Waals surface area contributed by atoms with Crippen LogP contribution in [0.5, 0.6) is 5.75 Å². The normalized spacial score (nSPS) is 12.1. The molecule has 1 atom stereocenters. The van der Waals surface area contributed by atoms with E-state index in [1.54, 1.807) is 7.05 Å². The van der Waals surface area contributed by atoms with Crippen molar-refractivity contribution >= 4 is 45.9 Å². The fraction of sp³-hybridized carbons (Fsp3) is 0.368. The molecule has 0 saturated heterocycles. The second kappa shape index (κ2) is 12.1. The van der Waals surface area contributed by atoms with Gasteiger partial charge in [-0.25, -0.2) is 0 Å². The maximum atomic E-state index is 5.93. The van der Waals surface area contributed by atoms with Crippen molar-refractivity contribution in [3.63, 3.8) is 0 Å². The van der Waals surface area contributed by atoms with Gasteiger partial charge in [0.15, 0.2) is 5.96 Å². The second-order valence-corrected chi connectivity index (χ2v) is 6.65. The molecule has 0 fully saturated rings. The number of aryl methyl sites for hydroxylation is 1. The van der Waals surface area contributed by atoms with Crippen molar-refractivity contribution in [2.45, 2.75) is 26.4 Å². The van der Waals surface area contributed by atoms with Crippen molar-refractivity contribution in [3.8, 4) is 5.75 Å². The van der Waals surface area contributed by atoms with Crippen LogP contribution in [0.25, 0.3) is 0 Å². The lowest BCUT2D eigenvalue weighted by Gasteiger charge is -2.18. The number of rotatable bonds is 7. The molecule has 1 aromatic carbocycles. The van der Waals surface area contributed by atoms with Crippen LogP contribution in [0.4, 0.5) is 0 Å². The van der Waals surface area contributed by atoms with E-state index < -0.39 is 0 Å². The largest absolute Gasteiger partial charge is 0.488 e. The number of ether oxygens (including phenoxy) is 1. The first kappa shape index (κ1) is 22.7. The van der Waals surface area contributed by atoms with Gasteiger partial charge in [-0.15, -0.1) is 24.0 Å². The average Bonchev–Trinajstić information content (AvgIpc) is 2.61. The minimum absolute atomic E-state index is 0. The number of aromatic nitrogens is 1. The van der Waals surface area contributed by atoms with Crippen LogP contribution in [0, 0.1) is 6.92 Å². The van der Waals surface area contributed by atoms with Gasteiger partial charge in [-0.05, 0) is 65.5 Å². The molecule has 0 saturated carbocycles. The average molecular weight is 533 g/mol. The molecule has 0 aliphatic rings. The quantitative estimate of drug-likeness (QED) is 0.322. The van der Waals surface area contributed by atoms with Crippen molar-refractivity contribution in [1.29, 1.82) is 0 Å². The Kier molecular flexibility index (Phi) is 10.6. The van der Waals surface area contributed by atoms with E-state index in [0.717, 1.165) is 29.1 Å². The molecule has 0 bridgehead atoms. The Labute approximate surface area is 181 Å². The summed E-state index contributed by atoms with van der Waals surface area (Å²) in [6.45, 7) is 5.58. The second-order valence-electron chi connectivity index (χ2n) is 5.79. The van der Waals surface area contributed by atoms with E-state index in [2.05, 4.69) is 49.5 Å². The third kappa shape index (κ3) is 7.49. The molecule has 142 valence electrons. The Balaban J connectivity index is 0.00000338. The summed E-state index contributed by atoms with van der Waals surface area (Å²) in [6, 6.07) is 9.90. The number of aliphatic imine (C=N–C) groups is 1. The van der Waals surface area contributed by atoms with Crippen LogP contribution in [0.15, 0.2) is 52.2 Å². The minimum Gasteiger partial charge on any atom is -0.488 e. The van der Waals surface area contributed by atoms with Gasteiger partial charge in [0.25, 0.3) is 0 Å². The van der Waals surface area contributed by atoms with E-state index in [0.29, 0.717) is 6.54 Å². The van der Waals surface area contributed by atoms with Crippen molar-refractivity contribution in [1.82, 2.24) is 15.6 Å². The Hall–Kier alpha value is -1.35. The predicted octanol–water partition coefficient (Wildman–Crippen LogP) is 3.95. The number of halogens is 2. The lowest BCUT2D eigenvalue weighted by molar-refractivity contribution is 0.222. The Bertz CT molecular complexity index is 711. The van der Waals surface area contributed by atoms with E-state index in [-0.39, 0.29) is 30.1 Å². The zero-order chi connectivity index (χ0) is 18.1. The van der Waals surface area contributed by atoms with Gasteiger partial charge in [-0.3, -0.25) is 9.98 Å². The molecule has 0 radical (unpaired) electrons. The number of guanidine groups is 1. The maximum Gasteiger partial charge on any atom is 0.191 e. The zero-order valence-electron chi connectivity index (χ0n) is 15.3. The van der Waals surface area contributed by atoms with Gasteiger partial charge in [0.05, 0.1) is 11.0 Å². The molecule has 1 heterocycles. The van der Waals surface area contributed by atoms with Crippen LogP contribution in [0.3, 0.4) is 0 Å². The SMILES string of the molecule is CN=C(NCCc1ccncc1C)NCC(C)Oc1ccccc1Br.I. The number of benzene rings is 1. The first-order valence-corrected chi connectivity index (χ1v) is 9.14. The molecule has 0 aliphatic heterocycles. The van der Waals surface area contributed by atoms with E-state index in [1.807, 2.05) is 43.6 Å². The summed E-state index contributed by atoms with van der Waals surface area (Å²) in [6.07, 6.45) is 4.66. The van der Waals surface area contributed by atoms with Gasteiger partial charge in [0, 0.05) is 26.0 Å². The zero-order valence-corrected chi connectivity index (χ0v) is 19.2. The van der Waals surface area contributed by atoms with Gasteiger partial charge in [-0.2, -0.15) is 0 Å². The van der Waals surface area contributed by atoms with Crippen molar-refractivity contribution in [2.24, 2.45) is 4.99 Å². The molecule has 7 heteroatoms. The number of nitrogens with zero attached hydrogens (tertiary/aromatic N) is 2. The fourth-order valence-electron chi connectivity index (χ4n) is 2.36. The molecular weight excluding hydrogens is 507 g/mol. The highest BCUT2D eigenvalue weighted by Gasteiger charge is 2.08. The summed E-state index contributed by atoms with van der Waals surface area (Å²) in [7, 11) is 1.77. The standard InChI is InChI=1S/C19H25BrN4O.HI/c1-14-12-22-10-8-16(14)9-11-23-19(21-3)24-13-15(2)25-18-7-5-4-6-17(18)20;/h4-8,10,12,15H,9,11,13H2,1-3H3,(H2,21,23,24);1H. The molecule has 1 aromatic heterocycles. The lowest BCUT2D eigenvalue weighted by Crippen LogP contribution is -2.42. The molecule has 1 unspecified atom stereocenters. The Morgan fingerprint density at radius 3 is 2.73 bits per heavy atom. The van der Waals surface area contributed by atoms with E-state index in [1.165, 1.54) is 11.1 Å². The van der Waals surface area contributed by atoms with Gasteiger partial charge >= 0.3 is 0 Å². The molecule has 0 amide bonds. The van der Waals surface area contributed by atoms with Crippen molar-refractivity contribution in [2.75, 3.05) is 20.1 Å². The van der Waals surface area contributed by atoms with Gasteiger partial charge in [-0.1, -0.05) is 12.1 Å². The molecule has 2 rings (SSSR count). The highest BCUT2D eigenvalue weighted by molar-refractivity contribution is 14.0. The summed E-state index contributed by atoms with van der Waals surface area (Å²) in [5, 5.41) is 6.63. The topological polar surface area (TPSA) is 58.5 Å². The Morgan fingerprint density at radius 1 is 1.27 bits per heavy atom. The number of pyridine rings is 1. The molecule has 0 spiro atoms. The maximum absolute atomic E-state index is 5.93. The van der Waals surface area contributed by atoms with Gasteiger partial charge in [0.2, 0.25) is 0 Å². The summed E-state index contributed by atoms with van der Waals surface area (Å²) in [5.74, 6) is 1.61. The third-order valence-electron chi connectivity index (χ3n) is 3.77. The number of hydrogen-bond donors (Lipinski definition) is 2. The van der Waals surface area contributed by atoms with Crippen LogP contribution in [0.1, 0.15) is 18.1 Å². The van der Waals surface area contributed by atoms with E-state index >= 15 is 0 Å². The van der Waals surface area contributed by atoms with Crippen LogP contribution in [-0.4, -0.2) is 37.2 Å². The number of hydrogen-bond acceptors (Lipinski definition) is 3. The van der Waals surface area contributed by atoms with E-state index in [9.17, 15) is 0 Å². The van der Waals surface area contributed by atoms with Crippen molar-refractivity contribution < 1.29 is 4.74 Å². The molecule has 26 heavy (non-hydrogen) atoms. The lowest BCUT2D eigenvalue weighted by atomic mass is 10.1. The van der Waals surface area contributed by atoms with Crippen molar-refractivity contribution in [3.05, 3.63) is 58.3 Å².